The van der Waals surface area contributed by atoms with Gasteiger partial charge in [0.05, 0.1) is 79.3 Å². The molecule has 0 fully saturated rings. The maximum absolute atomic E-state index is 13.0. The molecule has 0 atom stereocenters. The lowest BCUT2D eigenvalue weighted by Crippen LogP contribution is -2.26. The smallest absolute Gasteiger partial charge is 0.251 e. The number of nitrogens with two attached hydrogens (primary N) is 1. The summed E-state index contributed by atoms with van der Waals surface area (Å²) in [5.74, 6) is 0.734. The SMILES string of the molecule is CC(C)(C)c1cc(CNC(=O)CCCCC(=O)CCCCCCCN)cc(C(C)(C)C)c1.CC(C)(C)c1cc(CNC(=O)CCCCC(=O)CCCCCCCNC(=O)c2cc(C(C)(C)C)cc(C(C)(C)C)c2)cc(C(C)(C)C)c1.c1cc2ccc1COCCOCCOCc1ccc(cc1)COCCOCCOC2. The molecular weight excluding hydrogens is 1370 g/mol. The zero-order chi connectivity index (χ0) is 81.2. The molecule has 4 bridgehead atoms. The Hall–Kier alpha value is -6.43. The maximum Gasteiger partial charge on any atom is 0.251 e. The Kier molecular flexibility index (Phi) is 43.6. The minimum absolute atomic E-state index is 0.00440. The molecule has 0 spiro atoms. The van der Waals surface area contributed by atoms with Crippen LogP contribution in [-0.4, -0.2) is 95.2 Å². The molecule has 4 aliphatic rings. The van der Waals surface area contributed by atoms with Gasteiger partial charge in [-0.3, -0.25) is 24.0 Å². The van der Waals surface area contributed by atoms with E-state index in [1.165, 1.54) is 39.8 Å². The zero-order valence-corrected chi connectivity index (χ0v) is 71.8. The van der Waals surface area contributed by atoms with Crippen molar-refractivity contribution in [1.82, 2.24) is 16.0 Å². The Morgan fingerprint density at radius 3 is 0.836 bits per heavy atom. The van der Waals surface area contributed by atoms with Gasteiger partial charge in [0, 0.05) is 63.7 Å². The molecule has 9 rings (SSSR count). The third kappa shape index (κ3) is 41.9. The van der Waals surface area contributed by atoms with Gasteiger partial charge in [-0.1, -0.05) is 254 Å². The Morgan fingerprint density at radius 2 is 0.545 bits per heavy atom. The third-order valence-electron chi connectivity index (χ3n) is 19.8. The molecule has 5 N–H and O–H groups in total. The summed E-state index contributed by atoms with van der Waals surface area (Å²) >= 11 is 0. The maximum atomic E-state index is 13.0. The molecule has 4 aliphatic heterocycles. The van der Waals surface area contributed by atoms with Crippen molar-refractivity contribution in [2.45, 2.75) is 325 Å². The summed E-state index contributed by atoms with van der Waals surface area (Å²) in [6.07, 6.45) is 16.9. The highest BCUT2D eigenvalue weighted by molar-refractivity contribution is 5.94. The fraction of sp³-hybridized carbons (Fsp3) is 0.632. The number of amides is 3. The van der Waals surface area contributed by atoms with E-state index in [0.717, 1.165) is 129 Å². The molecule has 0 aromatic heterocycles. The Labute approximate surface area is 666 Å². The predicted molar refractivity (Wildman–Crippen MR) is 452 cm³/mol. The number of ketones is 2. The standard InChI is InChI=1S/C43H68N2O3.C28H48N2O2.C24H32O6/c1-40(2,3)33-24-31(25-34(28-33)41(4,5)6)30-45-38(47)22-18-17-21-37(46)20-16-14-13-15-19-23-44-39(48)32-26-35(42(7,8)9)29-36(27-32)43(10,11)12;1-27(2,3)23-18-22(19-24(20-23)28(4,5)6)21-30-26(32)16-12-11-15-25(31)14-10-8-7-9-13-17-29;1-2-22-4-3-21(1)17-27-13-9-25-11-15-29-19-23-5-7-24(8-6-23)20-30-16-12-26-10-14-28-18-22/h24-29H,13-23,30H2,1-12H3,(H,44,48)(H,45,47);18-20H,7-17,21,29H2,1-6H3,(H,30,32);1-8H,9-20H2. The highest BCUT2D eigenvalue weighted by Crippen LogP contribution is 2.34. The van der Waals surface area contributed by atoms with Gasteiger partial charge in [-0.25, -0.2) is 0 Å². The van der Waals surface area contributed by atoms with Crippen molar-refractivity contribution >= 4 is 29.3 Å². The largest absolute Gasteiger partial charge is 0.377 e. The molecule has 15 heteroatoms. The number of rotatable bonds is 30. The lowest BCUT2D eigenvalue weighted by Gasteiger charge is -2.26. The monoisotopic (exact) mass is 1520 g/mol. The first-order valence-corrected chi connectivity index (χ1v) is 41.5. The van der Waals surface area contributed by atoms with Crippen molar-refractivity contribution in [2.24, 2.45) is 5.73 Å². The summed E-state index contributed by atoms with van der Waals surface area (Å²) < 4.78 is 33.8. The minimum Gasteiger partial charge on any atom is -0.377 e. The molecule has 0 aliphatic carbocycles. The van der Waals surface area contributed by atoms with Crippen LogP contribution in [0.4, 0.5) is 0 Å². The van der Waals surface area contributed by atoms with Crippen LogP contribution in [-0.2, 0) is 120 Å². The minimum atomic E-state index is -0.0225. The molecule has 5 aromatic rings. The second-order valence-electron chi connectivity index (χ2n) is 36.3. The van der Waals surface area contributed by atoms with E-state index in [4.69, 9.17) is 34.2 Å². The van der Waals surface area contributed by atoms with Crippen LogP contribution < -0.4 is 21.7 Å². The van der Waals surface area contributed by atoms with Crippen LogP contribution in [0.3, 0.4) is 0 Å². The molecule has 3 amide bonds. The molecule has 0 radical (unpaired) electrons. The number of hydrogen-bond acceptors (Lipinski definition) is 12. The second kappa shape index (κ2) is 49.9. The van der Waals surface area contributed by atoms with Gasteiger partial charge in [0.15, 0.2) is 0 Å². The lowest BCUT2D eigenvalue weighted by atomic mass is 9.79. The fourth-order valence-electron chi connectivity index (χ4n) is 12.2. The van der Waals surface area contributed by atoms with Crippen LogP contribution >= 0.6 is 0 Å². The number of benzene rings is 5. The van der Waals surface area contributed by atoms with E-state index >= 15 is 0 Å². The van der Waals surface area contributed by atoms with E-state index in [9.17, 15) is 24.0 Å². The van der Waals surface area contributed by atoms with Crippen molar-refractivity contribution in [3.63, 3.8) is 0 Å². The van der Waals surface area contributed by atoms with Gasteiger partial charge < -0.3 is 50.1 Å². The van der Waals surface area contributed by atoms with Gasteiger partial charge in [-0.15, -0.1) is 0 Å². The molecule has 5 aromatic carbocycles. The molecule has 614 valence electrons. The molecule has 0 saturated carbocycles. The first-order chi connectivity index (χ1) is 51.9. The topological polar surface area (TPSA) is 203 Å². The quantitative estimate of drug-likeness (QED) is 0.0317. The van der Waals surface area contributed by atoms with Crippen molar-refractivity contribution in [3.8, 4) is 0 Å². The van der Waals surface area contributed by atoms with Crippen LogP contribution in [0.5, 0.6) is 0 Å². The predicted octanol–water partition coefficient (Wildman–Crippen LogP) is 20.2. The molecular formula is C95H148N4O11. The summed E-state index contributed by atoms with van der Waals surface area (Å²) in [4.78, 5) is 62.2. The first-order valence-electron chi connectivity index (χ1n) is 41.5. The van der Waals surface area contributed by atoms with Crippen molar-refractivity contribution < 1.29 is 52.4 Å². The zero-order valence-electron chi connectivity index (χ0n) is 71.8. The molecule has 0 unspecified atom stereocenters. The Bertz CT molecular complexity index is 3250. The number of nitrogens with one attached hydrogen (secondary N) is 3. The number of Topliss-reactive ketones (excluding diaryl/α,β-unsaturated/α-hetero) is 2. The molecule has 110 heavy (non-hydrogen) atoms. The van der Waals surface area contributed by atoms with Crippen molar-refractivity contribution in [3.05, 3.63) is 175 Å². The lowest BCUT2D eigenvalue weighted by molar-refractivity contribution is -0.122. The third-order valence-corrected chi connectivity index (χ3v) is 19.8. The summed E-state index contributed by atoms with van der Waals surface area (Å²) in [6, 6.07) is 36.3. The number of hydrogen-bond donors (Lipinski definition) is 4. The van der Waals surface area contributed by atoms with Crippen molar-refractivity contribution in [2.75, 3.05) is 65.9 Å². The van der Waals surface area contributed by atoms with E-state index in [2.05, 4.69) is 232 Å². The summed E-state index contributed by atoms with van der Waals surface area (Å²) in [5, 5.41) is 9.27. The fourth-order valence-corrected chi connectivity index (χ4v) is 12.2. The van der Waals surface area contributed by atoms with E-state index in [0.29, 0.717) is 149 Å². The van der Waals surface area contributed by atoms with E-state index in [1.807, 2.05) is 12.1 Å². The van der Waals surface area contributed by atoms with Crippen LogP contribution in [0.1, 0.15) is 330 Å². The second-order valence-corrected chi connectivity index (χ2v) is 36.3. The van der Waals surface area contributed by atoms with Crippen LogP contribution in [0.2, 0.25) is 0 Å². The summed E-state index contributed by atoms with van der Waals surface area (Å²) in [6.45, 7) is 49.1. The van der Waals surface area contributed by atoms with Crippen LogP contribution in [0.15, 0.2) is 103 Å². The molecule has 0 saturated heterocycles. The highest BCUT2D eigenvalue weighted by atomic mass is 16.5. The highest BCUT2D eigenvalue weighted by Gasteiger charge is 2.25. The van der Waals surface area contributed by atoms with Crippen LogP contribution in [0.25, 0.3) is 0 Å². The number of carbonyl (C=O) groups is 5. The first kappa shape index (κ1) is 95.9. The van der Waals surface area contributed by atoms with Gasteiger partial charge in [-0.05, 0) is 169 Å². The normalized spacial score (nSPS) is 14.2. The van der Waals surface area contributed by atoms with E-state index in [1.54, 1.807) is 0 Å². The molecule has 4 heterocycles. The number of unbranched alkanes of at least 4 members (excludes halogenated alkanes) is 10. The Morgan fingerprint density at radius 1 is 0.300 bits per heavy atom. The van der Waals surface area contributed by atoms with Gasteiger partial charge in [-0.2, -0.15) is 0 Å². The van der Waals surface area contributed by atoms with E-state index in [-0.39, 0.29) is 50.2 Å². The van der Waals surface area contributed by atoms with Gasteiger partial charge in [0.1, 0.15) is 11.6 Å². The average molecular weight is 1520 g/mol. The summed E-state index contributed by atoms with van der Waals surface area (Å²) in [7, 11) is 0. The van der Waals surface area contributed by atoms with Crippen molar-refractivity contribution in [1.29, 1.82) is 0 Å². The average Bonchev–Trinajstić information content (AvgIpc) is 0.816. The number of carbonyl (C=O) groups excluding carboxylic acids is 5. The van der Waals surface area contributed by atoms with Crippen LogP contribution in [0, 0.1) is 0 Å². The van der Waals surface area contributed by atoms with Gasteiger partial charge in [0.2, 0.25) is 11.8 Å². The van der Waals surface area contributed by atoms with E-state index < -0.39 is 0 Å². The van der Waals surface area contributed by atoms with Gasteiger partial charge >= 0.3 is 0 Å². The number of ether oxygens (including phenoxy) is 6. The summed E-state index contributed by atoms with van der Waals surface area (Å²) in [5.41, 5.74) is 20.8. The van der Waals surface area contributed by atoms with Gasteiger partial charge in [0.25, 0.3) is 5.91 Å². The Balaban J connectivity index is 0.000000362. The molecule has 15 nitrogen and oxygen atoms in total.